The number of rotatable bonds is 5. The molecule has 0 saturated carbocycles. The van der Waals surface area contributed by atoms with Crippen LogP contribution in [0.2, 0.25) is 0 Å². The fourth-order valence-corrected chi connectivity index (χ4v) is 5.41. The van der Waals surface area contributed by atoms with E-state index in [0.717, 1.165) is 23.4 Å². The highest BCUT2D eigenvalue weighted by atomic mass is 32.2. The molecule has 3 aromatic rings. The molecule has 5 rings (SSSR count). The molecule has 11 heteroatoms. The van der Waals surface area contributed by atoms with Crippen molar-refractivity contribution in [2.45, 2.75) is 25.3 Å². The Labute approximate surface area is 156 Å². The van der Waals surface area contributed by atoms with Gasteiger partial charge in [-0.15, -0.1) is 10.2 Å². The summed E-state index contributed by atoms with van der Waals surface area (Å²) in [6.07, 6.45) is 4.37. The Morgan fingerprint density at radius 1 is 1.33 bits per heavy atom. The van der Waals surface area contributed by atoms with Gasteiger partial charge in [-0.3, -0.25) is 4.40 Å². The summed E-state index contributed by atoms with van der Waals surface area (Å²) < 4.78 is 36.8. The molecule has 2 aliphatic rings. The van der Waals surface area contributed by atoms with Crippen molar-refractivity contribution in [3.05, 3.63) is 24.3 Å². The summed E-state index contributed by atoms with van der Waals surface area (Å²) in [5.74, 6) is 0.932. The van der Waals surface area contributed by atoms with Crippen molar-refractivity contribution in [2.75, 3.05) is 26.3 Å². The van der Waals surface area contributed by atoms with Gasteiger partial charge in [-0.2, -0.15) is 17.4 Å². The van der Waals surface area contributed by atoms with E-state index in [0.29, 0.717) is 32.0 Å². The van der Waals surface area contributed by atoms with Crippen LogP contribution in [0.4, 0.5) is 0 Å². The van der Waals surface area contributed by atoms with Crippen LogP contribution in [0.3, 0.4) is 0 Å². The number of ether oxygens (including phenoxy) is 1. The van der Waals surface area contributed by atoms with Crippen LogP contribution in [0.15, 0.2) is 18.5 Å². The lowest BCUT2D eigenvalue weighted by Gasteiger charge is -2.28. The summed E-state index contributed by atoms with van der Waals surface area (Å²) in [4.78, 5) is 7.44. The maximum Gasteiger partial charge on any atom is 0.279 e. The van der Waals surface area contributed by atoms with Gasteiger partial charge in [0.05, 0.1) is 31.0 Å². The number of H-pyrrole nitrogens is 1. The SMILES string of the molecule is CC[C@@H]1CN(S(=O)(=O)NC2COC2)C[C@@H]1c1nnc2cnc3[nH]ccc3n12. The smallest absolute Gasteiger partial charge is 0.279 e. The zero-order valence-electron chi connectivity index (χ0n) is 14.9. The number of hydrogen-bond donors (Lipinski definition) is 2. The minimum Gasteiger partial charge on any atom is -0.378 e. The van der Waals surface area contributed by atoms with Gasteiger partial charge in [0, 0.05) is 25.2 Å². The molecule has 0 amide bonds. The van der Waals surface area contributed by atoms with Gasteiger partial charge in [-0.25, -0.2) is 4.98 Å². The number of aromatic amines is 1. The second kappa shape index (κ2) is 6.23. The molecule has 5 heterocycles. The fraction of sp³-hybridized carbons (Fsp3) is 0.562. The first-order valence-electron chi connectivity index (χ1n) is 9.09. The van der Waals surface area contributed by atoms with Crippen LogP contribution in [0.25, 0.3) is 16.8 Å². The number of nitrogens with zero attached hydrogens (tertiary/aromatic N) is 5. The molecule has 0 spiro atoms. The third-order valence-corrected chi connectivity index (χ3v) is 7.13. The van der Waals surface area contributed by atoms with Crippen molar-refractivity contribution in [3.8, 4) is 0 Å². The van der Waals surface area contributed by atoms with E-state index in [-0.39, 0.29) is 17.9 Å². The van der Waals surface area contributed by atoms with Crippen LogP contribution in [0.1, 0.15) is 25.1 Å². The Kier molecular flexibility index (Phi) is 3.93. The van der Waals surface area contributed by atoms with Crippen molar-refractivity contribution in [1.29, 1.82) is 0 Å². The number of hydrogen-bond acceptors (Lipinski definition) is 6. The lowest BCUT2D eigenvalue weighted by Crippen LogP contribution is -2.52. The summed E-state index contributed by atoms with van der Waals surface area (Å²) in [6.45, 7) is 3.80. The summed E-state index contributed by atoms with van der Waals surface area (Å²) in [5, 5.41) is 8.66. The molecule has 2 N–H and O–H groups in total. The molecule has 2 aliphatic heterocycles. The Morgan fingerprint density at radius 2 is 2.19 bits per heavy atom. The van der Waals surface area contributed by atoms with Gasteiger partial charge in [0.1, 0.15) is 5.82 Å². The predicted molar refractivity (Wildman–Crippen MR) is 97.4 cm³/mol. The first kappa shape index (κ1) is 17.0. The molecule has 0 radical (unpaired) electrons. The zero-order valence-corrected chi connectivity index (χ0v) is 15.7. The zero-order chi connectivity index (χ0) is 18.6. The van der Waals surface area contributed by atoms with E-state index in [2.05, 4.69) is 31.8 Å². The van der Waals surface area contributed by atoms with E-state index in [1.54, 1.807) is 6.20 Å². The summed E-state index contributed by atoms with van der Waals surface area (Å²) >= 11 is 0. The molecule has 0 aromatic carbocycles. The Morgan fingerprint density at radius 3 is 2.93 bits per heavy atom. The molecule has 0 bridgehead atoms. The van der Waals surface area contributed by atoms with Crippen LogP contribution in [-0.2, 0) is 14.9 Å². The van der Waals surface area contributed by atoms with E-state index < -0.39 is 10.2 Å². The third-order valence-electron chi connectivity index (χ3n) is 5.52. The highest BCUT2D eigenvalue weighted by Crippen LogP contribution is 2.35. The van der Waals surface area contributed by atoms with Crippen molar-refractivity contribution < 1.29 is 13.2 Å². The van der Waals surface area contributed by atoms with Crippen LogP contribution < -0.4 is 4.72 Å². The highest BCUT2D eigenvalue weighted by Gasteiger charge is 2.42. The lowest BCUT2D eigenvalue weighted by molar-refractivity contribution is 0.00421. The molecule has 2 atom stereocenters. The van der Waals surface area contributed by atoms with E-state index in [1.165, 1.54) is 4.31 Å². The average Bonchev–Trinajstić information content (AvgIpc) is 3.33. The molecule has 27 heavy (non-hydrogen) atoms. The van der Waals surface area contributed by atoms with Gasteiger partial charge >= 0.3 is 0 Å². The van der Waals surface area contributed by atoms with Crippen LogP contribution in [0.5, 0.6) is 0 Å². The molecule has 2 saturated heterocycles. The van der Waals surface area contributed by atoms with Gasteiger partial charge in [0.15, 0.2) is 11.3 Å². The minimum absolute atomic E-state index is 0.0280. The summed E-state index contributed by atoms with van der Waals surface area (Å²) in [6, 6.07) is 1.80. The number of nitrogens with one attached hydrogen (secondary N) is 2. The molecular formula is C16H21N7O3S. The third kappa shape index (κ3) is 2.73. The van der Waals surface area contributed by atoms with E-state index >= 15 is 0 Å². The molecule has 10 nitrogen and oxygen atoms in total. The molecular weight excluding hydrogens is 370 g/mol. The molecule has 0 aliphatic carbocycles. The topological polar surface area (TPSA) is 118 Å². The first-order valence-corrected chi connectivity index (χ1v) is 10.5. The first-order chi connectivity index (χ1) is 13.1. The summed E-state index contributed by atoms with van der Waals surface area (Å²) in [7, 11) is -3.54. The summed E-state index contributed by atoms with van der Waals surface area (Å²) in [5.41, 5.74) is 2.32. The van der Waals surface area contributed by atoms with Gasteiger partial charge in [0.2, 0.25) is 0 Å². The normalized spacial score (nSPS) is 24.8. The van der Waals surface area contributed by atoms with Gasteiger partial charge in [-0.1, -0.05) is 13.3 Å². The van der Waals surface area contributed by atoms with Gasteiger partial charge in [0.25, 0.3) is 10.2 Å². The van der Waals surface area contributed by atoms with Crippen molar-refractivity contribution in [3.63, 3.8) is 0 Å². The highest BCUT2D eigenvalue weighted by molar-refractivity contribution is 7.87. The largest absolute Gasteiger partial charge is 0.378 e. The van der Waals surface area contributed by atoms with E-state index in [9.17, 15) is 8.42 Å². The van der Waals surface area contributed by atoms with Crippen molar-refractivity contribution >= 4 is 27.0 Å². The van der Waals surface area contributed by atoms with Gasteiger partial charge < -0.3 is 9.72 Å². The maximum atomic E-state index is 12.7. The predicted octanol–water partition coefficient (Wildman–Crippen LogP) is 0.264. The van der Waals surface area contributed by atoms with Crippen molar-refractivity contribution in [2.24, 2.45) is 5.92 Å². The Hall–Kier alpha value is -2.08. The number of fused-ring (bicyclic) bond motifs is 3. The van der Waals surface area contributed by atoms with E-state index in [4.69, 9.17) is 4.74 Å². The van der Waals surface area contributed by atoms with Crippen LogP contribution >= 0.6 is 0 Å². The quantitative estimate of drug-likeness (QED) is 0.644. The Balaban J connectivity index is 1.51. The Bertz CT molecular complexity index is 1090. The van der Waals surface area contributed by atoms with E-state index in [1.807, 2.05) is 16.7 Å². The van der Waals surface area contributed by atoms with Crippen LogP contribution in [0, 0.1) is 5.92 Å². The standard InChI is InChI=1S/C16H21N7O3S/c1-2-10-6-22(27(24,25)21-11-8-26-9-11)7-12(10)16-20-19-14-5-18-15-13(23(14)16)3-4-17-15/h3-5,10-12,17,21H,2,6-9H2,1H3/t10-,12+/m1/s1. The minimum atomic E-state index is -3.54. The van der Waals surface area contributed by atoms with Crippen LogP contribution in [-0.4, -0.2) is 69.6 Å². The van der Waals surface area contributed by atoms with Gasteiger partial charge in [-0.05, 0) is 12.0 Å². The average molecular weight is 391 g/mol. The maximum absolute atomic E-state index is 12.7. The second-order valence-corrected chi connectivity index (χ2v) is 8.87. The van der Waals surface area contributed by atoms with Crippen molar-refractivity contribution in [1.82, 2.24) is 33.6 Å². The number of aromatic nitrogens is 5. The second-order valence-electron chi connectivity index (χ2n) is 7.17. The monoisotopic (exact) mass is 391 g/mol. The fourth-order valence-electron chi connectivity index (χ4n) is 3.96. The molecule has 0 unspecified atom stereocenters. The molecule has 2 fully saturated rings. The molecule has 144 valence electrons. The molecule has 3 aromatic heterocycles. The lowest BCUT2D eigenvalue weighted by atomic mass is 9.93.